The highest BCUT2D eigenvalue weighted by Gasteiger charge is 2.32. The molecule has 7 heteroatoms. The molecule has 1 saturated heterocycles. The van der Waals surface area contributed by atoms with Gasteiger partial charge in [-0.1, -0.05) is 30.2 Å². The lowest BCUT2D eigenvalue weighted by molar-refractivity contribution is -0.118. The molecule has 2 aliphatic heterocycles. The third-order valence-corrected chi connectivity index (χ3v) is 6.67. The zero-order valence-electron chi connectivity index (χ0n) is 18.9. The summed E-state index contributed by atoms with van der Waals surface area (Å²) in [5.41, 5.74) is 2.48. The van der Waals surface area contributed by atoms with E-state index in [2.05, 4.69) is 16.8 Å². The van der Waals surface area contributed by atoms with E-state index in [0.717, 1.165) is 52.0 Å². The Morgan fingerprint density at radius 1 is 0.906 bits per heavy atom. The topological polar surface area (TPSA) is 47.1 Å². The van der Waals surface area contributed by atoms with Crippen LogP contribution in [0, 0.1) is 0 Å². The van der Waals surface area contributed by atoms with Gasteiger partial charge >= 0.3 is 0 Å². The molecule has 0 bridgehead atoms. The first-order valence-corrected chi connectivity index (χ1v) is 11.7. The Morgan fingerprint density at radius 2 is 1.66 bits per heavy atom. The van der Waals surface area contributed by atoms with E-state index in [1.807, 2.05) is 24.3 Å². The number of hydrogen-bond acceptors (Lipinski definition) is 4. The fraction of sp³-hybridized carbons (Fsp3) is 0.440. The fourth-order valence-electron chi connectivity index (χ4n) is 4.46. The van der Waals surface area contributed by atoms with Crippen molar-refractivity contribution in [1.29, 1.82) is 0 Å². The summed E-state index contributed by atoms with van der Waals surface area (Å²) in [4.78, 5) is 34.6. The van der Waals surface area contributed by atoms with Crippen LogP contribution in [0.4, 0.5) is 17.1 Å². The molecule has 170 valence electrons. The van der Waals surface area contributed by atoms with Crippen molar-refractivity contribution in [1.82, 2.24) is 9.80 Å². The minimum atomic E-state index is -0.147. The molecule has 0 aromatic heterocycles. The van der Waals surface area contributed by atoms with E-state index in [4.69, 9.17) is 11.6 Å². The number of hydrogen-bond donors (Lipinski definition) is 0. The molecule has 2 aromatic carbocycles. The Balaban J connectivity index is 1.46. The summed E-state index contributed by atoms with van der Waals surface area (Å²) < 4.78 is 0. The second-order valence-electron chi connectivity index (χ2n) is 8.70. The molecule has 6 nitrogen and oxygen atoms in total. The molecule has 4 rings (SSSR count). The first-order chi connectivity index (χ1) is 15.5. The highest BCUT2D eigenvalue weighted by Crippen LogP contribution is 2.41. The number of unbranched alkanes of at least 4 members (excludes halogenated alkanes) is 2. The van der Waals surface area contributed by atoms with Gasteiger partial charge in [0, 0.05) is 44.7 Å². The number of para-hydroxylation sites is 1. The number of benzene rings is 2. The summed E-state index contributed by atoms with van der Waals surface area (Å²) in [5.74, 6) is -0.143. The van der Waals surface area contributed by atoms with Gasteiger partial charge in [-0.2, -0.15) is 0 Å². The lowest BCUT2D eigenvalue weighted by Gasteiger charge is -2.32. The van der Waals surface area contributed by atoms with Crippen LogP contribution in [0.5, 0.6) is 0 Å². The summed E-state index contributed by atoms with van der Waals surface area (Å²) in [7, 11) is 3.89. The highest BCUT2D eigenvalue weighted by molar-refractivity contribution is 6.31. The maximum Gasteiger partial charge on any atom is 0.260 e. The fourth-order valence-corrected chi connectivity index (χ4v) is 4.63. The van der Waals surface area contributed by atoms with Crippen molar-refractivity contribution in [2.24, 2.45) is 0 Å². The number of piperazine rings is 1. The molecule has 0 atom stereocenters. The third-order valence-electron chi connectivity index (χ3n) is 6.43. The SMILES string of the molecule is CN1CCN(CCCCCC(=O)N2c3ccccc3C(=O)N(C)c3cc(Cl)ccc32)CC1. The van der Waals surface area contributed by atoms with E-state index in [1.165, 1.54) is 0 Å². The highest BCUT2D eigenvalue weighted by atomic mass is 35.5. The lowest BCUT2D eigenvalue weighted by Crippen LogP contribution is -2.44. The van der Waals surface area contributed by atoms with Crippen molar-refractivity contribution in [3.05, 3.63) is 53.1 Å². The molecule has 0 spiro atoms. The number of fused-ring (bicyclic) bond motifs is 2. The van der Waals surface area contributed by atoms with Crippen LogP contribution in [-0.4, -0.2) is 68.4 Å². The predicted molar refractivity (Wildman–Crippen MR) is 130 cm³/mol. The van der Waals surface area contributed by atoms with E-state index in [9.17, 15) is 9.59 Å². The van der Waals surface area contributed by atoms with Crippen LogP contribution in [-0.2, 0) is 4.79 Å². The Labute approximate surface area is 195 Å². The summed E-state index contributed by atoms with van der Waals surface area (Å²) in [6, 6.07) is 12.7. The van der Waals surface area contributed by atoms with Gasteiger partial charge in [-0.15, -0.1) is 0 Å². The molecule has 0 saturated carbocycles. The maximum absolute atomic E-state index is 13.4. The van der Waals surface area contributed by atoms with E-state index >= 15 is 0 Å². The van der Waals surface area contributed by atoms with Crippen molar-refractivity contribution in [2.75, 3.05) is 56.6 Å². The van der Waals surface area contributed by atoms with Gasteiger partial charge in [-0.05, 0) is 56.8 Å². The second kappa shape index (κ2) is 10.0. The summed E-state index contributed by atoms with van der Waals surface area (Å²) in [6.45, 7) is 5.60. The van der Waals surface area contributed by atoms with Crippen LogP contribution < -0.4 is 9.80 Å². The summed E-state index contributed by atoms with van der Waals surface area (Å²) in [5, 5.41) is 0.533. The Bertz CT molecular complexity index is 988. The predicted octanol–water partition coefficient (Wildman–Crippen LogP) is 4.40. The molecule has 0 aliphatic carbocycles. The van der Waals surface area contributed by atoms with Gasteiger partial charge < -0.3 is 14.7 Å². The minimum Gasteiger partial charge on any atom is -0.309 e. The van der Waals surface area contributed by atoms with Crippen molar-refractivity contribution in [3.8, 4) is 0 Å². The average Bonchev–Trinajstić information content (AvgIpc) is 2.88. The van der Waals surface area contributed by atoms with Crippen LogP contribution in [0.1, 0.15) is 36.0 Å². The number of likely N-dealkylation sites (N-methyl/N-ethyl adjacent to an activating group) is 1. The number of rotatable bonds is 6. The Hall–Kier alpha value is -2.41. The van der Waals surface area contributed by atoms with Gasteiger partial charge in [-0.3, -0.25) is 14.5 Å². The van der Waals surface area contributed by atoms with Crippen LogP contribution in [0.25, 0.3) is 0 Å². The van der Waals surface area contributed by atoms with E-state index in [0.29, 0.717) is 34.1 Å². The Kier molecular flexibility index (Phi) is 7.13. The van der Waals surface area contributed by atoms with Gasteiger partial charge in [0.25, 0.3) is 5.91 Å². The molecule has 2 aromatic rings. The normalized spacial score (nSPS) is 17.2. The molecule has 2 aliphatic rings. The molecule has 32 heavy (non-hydrogen) atoms. The van der Waals surface area contributed by atoms with Crippen molar-refractivity contribution in [3.63, 3.8) is 0 Å². The van der Waals surface area contributed by atoms with Gasteiger partial charge in [-0.25, -0.2) is 0 Å². The quantitative estimate of drug-likeness (QED) is 0.607. The van der Waals surface area contributed by atoms with Crippen LogP contribution >= 0.6 is 11.6 Å². The van der Waals surface area contributed by atoms with Gasteiger partial charge in [0.05, 0.1) is 22.6 Å². The molecular weight excluding hydrogens is 424 g/mol. The third kappa shape index (κ3) is 4.82. The van der Waals surface area contributed by atoms with E-state index < -0.39 is 0 Å². The molecular formula is C25H31ClN4O2. The first-order valence-electron chi connectivity index (χ1n) is 11.4. The summed E-state index contributed by atoms with van der Waals surface area (Å²) in [6.07, 6.45) is 3.38. The molecule has 2 heterocycles. The first kappa shape index (κ1) is 22.8. The molecule has 0 N–H and O–H groups in total. The van der Waals surface area contributed by atoms with Crippen molar-refractivity contribution < 1.29 is 9.59 Å². The smallest absolute Gasteiger partial charge is 0.260 e. The second-order valence-corrected chi connectivity index (χ2v) is 9.14. The molecule has 1 fully saturated rings. The largest absolute Gasteiger partial charge is 0.309 e. The number of amides is 2. The molecule has 0 unspecified atom stereocenters. The number of nitrogens with zero attached hydrogens (tertiary/aromatic N) is 4. The summed E-state index contributed by atoms with van der Waals surface area (Å²) >= 11 is 6.22. The van der Waals surface area contributed by atoms with E-state index in [-0.39, 0.29) is 11.8 Å². The van der Waals surface area contributed by atoms with Crippen LogP contribution in [0.2, 0.25) is 5.02 Å². The standard InChI is InChI=1S/C25H31ClN4O2/c1-27-14-16-29(17-15-27)13-7-3-4-10-24(31)30-21-9-6-5-8-20(21)25(32)28(2)23-18-19(26)11-12-22(23)30/h5-6,8-9,11-12,18H,3-4,7,10,13-17H2,1-2H3. The van der Waals surface area contributed by atoms with Crippen molar-refractivity contribution >= 4 is 40.5 Å². The minimum absolute atomic E-state index is 0.00344. The average molecular weight is 455 g/mol. The van der Waals surface area contributed by atoms with Crippen LogP contribution in [0.15, 0.2) is 42.5 Å². The van der Waals surface area contributed by atoms with Crippen molar-refractivity contribution in [2.45, 2.75) is 25.7 Å². The molecule has 2 amide bonds. The maximum atomic E-state index is 13.4. The zero-order chi connectivity index (χ0) is 22.7. The number of halogens is 1. The number of carbonyl (C=O) groups excluding carboxylic acids is 2. The van der Waals surface area contributed by atoms with Crippen LogP contribution in [0.3, 0.4) is 0 Å². The van der Waals surface area contributed by atoms with Gasteiger partial charge in [0.2, 0.25) is 5.91 Å². The number of carbonyl (C=O) groups is 2. The lowest BCUT2D eigenvalue weighted by atomic mass is 10.1. The zero-order valence-corrected chi connectivity index (χ0v) is 19.6. The Morgan fingerprint density at radius 3 is 2.44 bits per heavy atom. The number of anilines is 3. The monoisotopic (exact) mass is 454 g/mol. The van der Waals surface area contributed by atoms with Gasteiger partial charge in [0.15, 0.2) is 0 Å². The molecule has 0 radical (unpaired) electrons. The van der Waals surface area contributed by atoms with Gasteiger partial charge in [0.1, 0.15) is 0 Å². The van der Waals surface area contributed by atoms with E-state index in [1.54, 1.807) is 35.0 Å².